The highest BCUT2D eigenvalue weighted by Gasteiger charge is 2.23. The minimum atomic E-state index is -0.215. The number of benzene rings is 1. The molecule has 0 amide bonds. The highest BCUT2D eigenvalue weighted by atomic mass is 19.1. The van der Waals surface area contributed by atoms with E-state index in [1.807, 2.05) is 6.07 Å². The fourth-order valence-electron chi connectivity index (χ4n) is 3.06. The SMILES string of the molecule is COc1ccc(F)cc1CN1CCC[C@@H](c2ccn[nH]2)C1. The molecule has 1 atom stereocenters. The first-order valence-electron chi connectivity index (χ1n) is 7.30. The monoisotopic (exact) mass is 289 g/mol. The summed E-state index contributed by atoms with van der Waals surface area (Å²) < 4.78 is 18.8. The summed E-state index contributed by atoms with van der Waals surface area (Å²) in [5, 5.41) is 7.09. The van der Waals surface area contributed by atoms with Crippen molar-refractivity contribution in [2.75, 3.05) is 20.2 Å². The molecule has 0 aliphatic carbocycles. The smallest absolute Gasteiger partial charge is 0.123 e. The van der Waals surface area contributed by atoms with Crippen molar-refractivity contribution < 1.29 is 9.13 Å². The second-order valence-corrected chi connectivity index (χ2v) is 5.54. The van der Waals surface area contributed by atoms with Crippen molar-refractivity contribution >= 4 is 0 Å². The minimum absolute atomic E-state index is 0.215. The molecule has 0 spiro atoms. The number of likely N-dealkylation sites (tertiary alicyclic amines) is 1. The second kappa shape index (κ2) is 6.26. The number of aromatic nitrogens is 2. The van der Waals surface area contributed by atoms with Gasteiger partial charge in [-0.1, -0.05) is 0 Å². The van der Waals surface area contributed by atoms with Crippen LogP contribution in [0.15, 0.2) is 30.5 Å². The van der Waals surface area contributed by atoms with Gasteiger partial charge < -0.3 is 4.74 Å². The van der Waals surface area contributed by atoms with Crippen LogP contribution >= 0.6 is 0 Å². The third-order valence-electron chi connectivity index (χ3n) is 4.10. The summed E-state index contributed by atoms with van der Waals surface area (Å²) in [7, 11) is 1.63. The number of hydrogen-bond donors (Lipinski definition) is 1. The lowest BCUT2D eigenvalue weighted by atomic mass is 9.94. The Bertz CT molecular complexity index is 585. The average Bonchev–Trinajstić information content (AvgIpc) is 3.02. The molecule has 0 saturated carbocycles. The maximum Gasteiger partial charge on any atom is 0.123 e. The number of nitrogens with one attached hydrogen (secondary N) is 1. The number of halogens is 1. The lowest BCUT2D eigenvalue weighted by molar-refractivity contribution is 0.196. The van der Waals surface area contributed by atoms with Gasteiger partial charge in [0, 0.05) is 36.5 Å². The lowest BCUT2D eigenvalue weighted by Crippen LogP contribution is -2.34. The van der Waals surface area contributed by atoms with Gasteiger partial charge in [-0.05, 0) is 43.7 Å². The van der Waals surface area contributed by atoms with Gasteiger partial charge in [-0.15, -0.1) is 0 Å². The standard InChI is InChI=1S/C16H20FN3O/c1-21-16-5-4-14(17)9-13(16)11-20-8-2-3-12(10-20)15-6-7-18-19-15/h4-7,9,12H,2-3,8,10-11H2,1H3,(H,18,19)/t12-/m1/s1. The van der Waals surface area contributed by atoms with Crippen molar-refractivity contribution in [3.05, 3.63) is 47.5 Å². The van der Waals surface area contributed by atoms with E-state index < -0.39 is 0 Å². The molecule has 5 heteroatoms. The Morgan fingerprint density at radius 3 is 3.10 bits per heavy atom. The third kappa shape index (κ3) is 3.24. The van der Waals surface area contributed by atoms with E-state index in [2.05, 4.69) is 15.1 Å². The highest BCUT2D eigenvalue weighted by Crippen LogP contribution is 2.28. The molecule has 0 radical (unpaired) electrons. The Balaban J connectivity index is 1.71. The van der Waals surface area contributed by atoms with Crippen LogP contribution in [0, 0.1) is 5.82 Å². The van der Waals surface area contributed by atoms with Crippen LogP contribution in [0.4, 0.5) is 4.39 Å². The first-order valence-corrected chi connectivity index (χ1v) is 7.30. The molecular weight excluding hydrogens is 269 g/mol. The zero-order chi connectivity index (χ0) is 14.7. The Kier molecular flexibility index (Phi) is 4.20. The summed E-state index contributed by atoms with van der Waals surface area (Å²) in [6.45, 7) is 2.71. The van der Waals surface area contributed by atoms with Crippen LogP contribution in [0.2, 0.25) is 0 Å². The number of ether oxygens (including phenoxy) is 1. The van der Waals surface area contributed by atoms with Crippen LogP contribution in [0.3, 0.4) is 0 Å². The maximum absolute atomic E-state index is 13.5. The summed E-state index contributed by atoms with van der Waals surface area (Å²) >= 11 is 0. The van der Waals surface area contributed by atoms with E-state index in [1.165, 1.54) is 18.2 Å². The summed E-state index contributed by atoms with van der Waals surface area (Å²) in [6.07, 6.45) is 4.10. The van der Waals surface area contributed by atoms with Crippen LogP contribution < -0.4 is 4.74 Å². The number of nitrogens with zero attached hydrogens (tertiary/aromatic N) is 2. The Labute approximate surface area is 123 Å². The summed E-state index contributed by atoms with van der Waals surface area (Å²) in [5.74, 6) is 1.01. The highest BCUT2D eigenvalue weighted by molar-refractivity contribution is 5.34. The average molecular weight is 289 g/mol. The van der Waals surface area contributed by atoms with Crippen molar-refractivity contribution in [1.82, 2.24) is 15.1 Å². The Morgan fingerprint density at radius 1 is 1.43 bits per heavy atom. The molecule has 3 rings (SSSR count). The number of aromatic amines is 1. The van der Waals surface area contributed by atoms with Gasteiger partial charge in [0.1, 0.15) is 11.6 Å². The van der Waals surface area contributed by atoms with Crippen LogP contribution in [-0.4, -0.2) is 35.3 Å². The van der Waals surface area contributed by atoms with E-state index in [0.717, 1.165) is 30.8 Å². The largest absolute Gasteiger partial charge is 0.496 e. The van der Waals surface area contributed by atoms with Crippen molar-refractivity contribution in [1.29, 1.82) is 0 Å². The maximum atomic E-state index is 13.5. The normalized spacial score (nSPS) is 19.6. The summed E-state index contributed by atoms with van der Waals surface area (Å²) in [6, 6.07) is 6.74. The molecule has 112 valence electrons. The first-order chi connectivity index (χ1) is 10.3. The first kappa shape index (κ1) is 14.1. The molecule has 1 aliphatic rings. The van der Waals surface area contributed by atoms with Crippen molar-refractivity contribution in [3.8, 4) is 5.75 Å². The third-order valence-corrected chi connectivity index (χ3v) is 4.10. The van der Waals surface area contributed by atoms with Gasteiger partial charge in [-0.25, -0.2) is 4.39 Å². The molecule has 0 unspecified atom stereocenters. The Hall–Kier alpha value is -1.88. The van der Waals surface area contributed by atoms with E-state index in [9.17, 15) is 4.39 Å². The van der Waals surface area contributed by atoms with Gasteiger partial charge in [0.05, 0.1) is 7.11 Å². The van der Waals surface area contributed by atoms with Crippen molar-refractivity contribution in [3.63, 3.8) is 0 Å². The van der Waals surface area contributed by atoms with E-state index >= 15 is 0 Å². The lowest BCUT2D eigenvalue weighted by Gasteiger charge is -2.32. The molecule has 0 bridgehead atoms. The van der Waals surface area contributed by atoms with Gasteiger partial charge in [-0.3, -0.25) is 10.00 Å². The number of rotatable bonds is 4. The summed E-state index contributed by atoms with van der Waals surface area (Å²) in [4.78, 5) is 2.35. The van der Waals surface area contributed by atoms with Gasteiger partial charge in [0.15, 0.2) is 0 Å². The second-order valence-electron chi connectivity index (χ2n) is 5.54. The van der Waals surface area contributed by atoms with Gasteiger partial charge in [-0.2, -0.15) is 5.10 Å². The fraction of sp³-hybridized carbons (Fsp3) is 0.438. The summed E-state index contributed by atoms with van der Waals surface area (Å²) in [5.41, 5.74) is 2.09. The van der Waals surface area contributed by atoms with Gasteiger partial charge >= 0.3 is 0 Å². The van der Waals surface area contributed by atoms with E-state index in [-0.39, 0.29) is 5.82 Å². The topological polar surface area (TPSA) is 41.1 Å². The molecule has 4 nitrogen and oxygen atoms in total. The van der Waals surface area contributed by atoms with E-state index in [1.54, 1.807) is 25.4 Å². The number of piperidine rings is 1. The van der Waals surface area contributed by atoms with Crippen LogP contribution in [-0.2, 0) is 6.54 Å². The Morgan fingerprint density at radius 2 is 2.33 bits per heavy atom. The number of H-pyrrole nitrogens is 1. The zero-order valence-corrected chi connectivity index (χ0v) is 12.2. The molecular formula is C16H20FN3O. The van der Waals surface area contributed by atoms with Crippen molar-refractivity contribution in [2.45, 2.75) is 25.3 Å². The van der Waals surface area contributed by atoms with Crippen LogP contribution in [0.1, 0.15) is 30.0 Å². The molecule has 1 aromatic carbocycles. The van der Waals surface area contributed by atoms with Crippen molar-refractivity contribution in [2.24, 2.45) is 0 Å². The molecule has 21 heavy (non-hydrogen) atoms. The predicted molar refractivity (Wildman–Crippen MR) is 78.8 cm³/mol. The van der Waals surface area contributed by atoms with Crippen LogP contribution in [0.5, 0.6) is 5.75 Å². The van der Waals surface area contributed by atoms with E-state index in [4.69, 9.17) is 4.74 Å². The zero-order valence-electron chi connectivity index (χ0n) is 12.2. The number of hydrogen-bond acceptors (Lipinski definition) is 3. The minimum Gasteiger partial charge on any atom is -0.496 e. The van der Waals surface area contributed by atoms with E-state index in [0.29, 0.717) is 12.5 Å². The fourth-order valence-corrected chi connectivity index (χ4v) is 3.06. The van der Waals surface area contributed by atoms with Gasteiger partial charge in [0.25, 0.3) is 0 Å². The molecule has 2 heterocycles. The molecule has 2 aromatic rings. The predicted octanol–water partition coefficient (Wildman–Crippen LogP) is 2.94. The van der Waals surface area contributed by atoms with Gasteiger partial charge in [0.2, 0.25) is 0 Å². The number of methoxy groups -OCH3 is 1. The van der Waals surface area contributed by atoms with Crippen LogP contribution in [0.25, 0.3) is 0 Å². The molecule has 1 saturated heterocycles. The molecule has 1 fully saturated rings. The molecule has 1 aromatic heterocycles. The quantitative estimate of drug-likeness (QED) is 0.941. The molecule has 1 N–H and O–H groups in total. The molecule has 1 aliphatic heterocycles.